The molecular weight excluding hydrogens is 200 g/mol. The van der Waals surface area contributed by atoms with Gasteiger partial charge < -0.3 is 0 Å². The lowest BCUT2D eigenvalue weighted by atomic mass is 10.2. The number of aryl methyl sites for hydroxylation is 1. The molecule has 0 saturated heterocycles. The van der Waals surface area contributed by atoms with Crippen LogP contribution in [0.15, 0.2) is 10.9 Å². The van der Waals surface area contributed by atoms with E-state index in [0.717, 1.165) is 0 Å². The minimum absolute atomic E-state index is 0.126. The largest absolute Gasteiger partial charge is 0.283 e. The van der Waals surface area contributed by atoms with Crippen LogP contribution in [0.25, 0.3) is 5.65 Å². The van der Waals surface area contributed by atoms with E-state index in [1.54, 1.807) is 13.0 Å². The number of aromatic amines is 2. The Bertz CT molecular complexity index is 655. The number of aromatic nitrogens is 3. The average molecular weight is 206 g/mol. The van der Waals surface area contributed by atoms with Gasteiger partial charge in [0.2, 0.25) is 4.77 Å². The zero-order valence-corrected chi connectivity index (χ0v) is 8.10. The molecule has 0 fully saturated rings. The van der Waals surface area contributed by atoms with Gasteiger partial charge in [-0.25, -0.2) is 4.40 Å². The Balaban J connectivity index is 3.15. The van der Waals surface area contributed by atoms with E-state index in [4.69, 9.17) is 17.5 Å². The third-order valence-electron chi connectivity index (χ3n) is 2.02. The van der Waals surface area contributed by atoms with E-state index in [2.05, 4.69) is 10.2 Å². The lowest BCUT2D eigenvalue weighted by Gasteiger charge is -1.96. The zero-order valence-electron chi connectivity index (χ0n) is 7.29. The summed E-state index contributed by atoms with van der Waals surface area (Å²) in [6, 6.07) is 3.57. The molecule has 6 heteroatoms. The number of hydrogen-bond acceptors (Lipinski definition) is 3. The summed E-state index contributed by atoms with van der Waals surface area (Å²) in [6.45, 7) is 1.71. The minimum Gasteiger partial charge on any atom is -0.283 e. The quantitative estimate of drug-likeness (QED) is 0.628. The van der Waals surface area contributed by atoms with Crippen LogP contribution >= 0.6 is 12.2 Å². The van der Waals surface area contributed by atoms with Crippen LogP contribution in [-0.2, 0) is 0 Å². The van der Waals surface area contributed by atoms with Crippen molar-refractivity contribution in [3.63, 3.8) is 0 Å². The Kier molecular flexibility index (Phi) is 1.75. The maximum absolute atomic E-state index is 11.7. The molecule has 14 heavy (non-hydrogen) atoms. The highest BCUT2D eigenvalue weighted by Crippen LogP contribution is 2.04. The van der Waals surface area contributed by atoms with E-state index in [9.17, 15) is 4.79 Å². The van der Waals surface area contributed by atoms with Crippen LogP contribution in [0.2, 0.25) is 0 Å². The number of fused-ring (bicyclic) bond motifs is 1. The first-order chi connectivity index (χ1) is 6.65. The fraction of sp³-hybridized carbons (Fsp3) is 0.125. The van der Waals surface area contributed by atoms with Crippen LogP contribution in [0.3, 0.4) is 0 Å². The van der Waals surface area contributed by atoms with Crippen molar-refractivity contribution in [1.82, 2.24) is 14.6 Å². The third-order valence-corrected chi connectivity index (χ3v) is 2.30. The molecule has 0 radical (unpaired) electrons. The van der Waals surface area contributed by atoms with Crippen molar-refractivity contribution in [1.29, 1.82) is 5.26 Å². The summed E-state index contributed by atoms with van der Waals surface area (Å²) in [5, 5.41) is 14.2. The van der Waals surface area contributed by atoms with Gasteiger partial charge in [0.05, 0.1) is 0 Å². The maximum Gasteiger partial charge on any atom is 0.276 e. The molecule has 0 bridgehead atoms. The van der Waals surface area contributed by atoms with E-state index < -0.39 is 0 Å². The highest BCUT2D eigenvalue weighted by atomic mass is 32.1. The second-order valence-corrected chi connectivity index (χ2v) is 3.28. The molecule has 0 unspecified atom stereocenters. The van der Waals surface area contributed by atoms with Gasteiger partial charge in [-0.2, -0.15) is 5.26 Å². The fourth-order valence-corrected chi connectivity index (χ4v) is 1.57. The summed E-state index contributed by atoms with van der Waals surface area (Å²) in [7, 11) is 0. The van der Waals surface area contributed by atoms with Gasteiger partial charge in [0.1, 0.15) is 17.3 Å². The Hall–Kier alpha value is -1.87. The molecule has 0 spiro atoms. The number of hydrogen-bond donors (Lipinski definition) is 2. The SMILES string of the molecule is Cc1cc2[nH][nH]c(=S)n2c(=O)c1C#N. The molecule has 0 atom stereocenters. The Morgan fingerprint density at radius 3 is 2.93 bits per heavy atom. The predicted molar refractivity (Wildman–Crippen MR) is 52.7 cm³/mol. The van der Waals surface area contributed by atoms with Gasteiger partial charge in [0.15, 0.2) is 0 Å². The zero-order chi connectivity index (χ0) is 10.3. The molecule has 5 nitrogen and oxygen atoms in total. The molecule has 2 rings (SSSR count). The predicted octanol–water partition coefficient (Wildman–Crippen LogP) is 0.865. The van der Waals surface area contributed by atoms with E-state index in [-0.39, 0.29) is 15.9 Å². The van der Waals surface area contributed by atoms with E-state index in [0.29, 0.717) is 11.2 Å². The molecule has 0 aliphatic rings. The molecule has 0 amide bonds. The van der Waals surface area contributed by atoms with Crippen LogP contribution in [0, 0.1) is 23.0 Å². The summed E-state index contributed by atoms with van der Waals surface area (Å²) in [6.07, 6.45) is 0. The van der Waals surface area contributed by atoms with Crippen LogP contribution in [0.5, 0.6) is 0 Å². The standard InChI is InChI=1S/C8H6N4OS/c1-4-2-6-10-11-8(14)12(6)7(13)5(4)3-9/h2,10H,1H3,(H,11,14). The highest BCUT2D eigenvalue weighted by Gasteiger charge is 2.08. The minimum atomic E-state index is -0.384. The first-order valence-corrected chi connectivity index (χ1v) is 4.29. The van der Waals surface area contributed by atoms with Crippen LogP contribution in [0.4, 0.5) is 0 Å². The molecule has 0 aliphatic heterocycles. The smallest absolute Gasteiger partial charge is 0.276 e. The Morgan fingerprint density at radius 1 is 1.57 bits per heavy atom. The summed E-state index contributed by atoms with van der Waals surface area (Å²) < 4.78 is 1.53. The number of pyridine rings is 1. The molecule has 0 aromatic carbocycles. The van der Waals surface area contributed by atoms with Crippen LogP contribution in [0.1, 0.15) is 11.1 Å². The Morgan fingerprint density at radius 2 is 2.29 bits per heavy atom. The highest BCUT2D eigenvalue weighted by molar-refractivity contribution is 7.71. The van der Waals surface area contributed by atoms with Crippen molar-refractivity contribution in [3.05, 3.63) is 32.3 Å². The molecule has 0 aliphatic carbocycles. The fourth-order valence-electron chi connectivity index (χ4n) is 1.33. The van der Waals surface area contributed by atoms with Crippen molar-refractivity contribution in [2.45, 2.75) is 6.92 Å². The number of nitrogens with zero attached hydrogens (tertiary/aromatic N) is 2. The van der Waals surface area contributed by atoms with Crippen molar-refractivity contribution < 1.29 is 0 Å². The Labute approximate surface area is 83.6 Å². The van der Waals surface area contributed by atoms with Gasteiger partial charge in [0.25, 0.3) is 5.56 Å². The van der Waals surface area contributed by atoms with Gasteiger partial charge in [-0.15, -0.1) is 0 Å². The topological polar surface area (TPSA) is 76.8 Å². The van der Waals surface area contributed by atoms with E-state index >= 15 is 0 Å². The molecule has 2 N–H and O–H groups in total. The summed E-state index contributed by atoms with van der Waals surface area (Å²) in [4.78, 5) is 11.7. The molecular formula is C8H6N4OS. The first kappa shape index (κ1) is 8.72. The molecule has 0 saturated carbocycles. The molecule has 70 valence electrons. The van der Waals surface area contributed by atoms with Crippen LogP contribution < -0.4 is 5.56 Å². The molecule has 2 aromatic heterocycles. The molecule has 2 aromatic rings. The number of nitriles is 1. The maximum atomic E-state index is 11.7. The van der Waals surface area contributed by atoms with Gasteiger partial charge in [0, 0.05) is 0 Å². The van der Waals surface area contributed by atoms with Crippen molar-refractivity contribution in [2.24, 2.45) is 0 Å². The van der Waals surface area contributed by atoms with Crippen molar-refractivity contribution >= 4 is 17.9 Å². The lowest BCUT2D eigenvalue weighted by molar-refractivity contribution is 1.04. The summed E-state index contributed by atoms with van der Waals surface area (Å²) in [5.41, 5.74) is 0.950. The molecule has 2 heterocycles. The second-order valence-electron chi connectivity index (χ2n) is 2.90. The normalized spacial score (nSPS) is 10.3. The van der Waals surface area contributed by atoms with Gasteiger partial charge in [-0.1, -0.05) is 0 Å². The van der Waals surface area contributed by atoms with Gasteiger partial charge in [-0.05, 0) is 30.8 Å². The summed E-state index contributed by atoms with van der Waals surface area (Å²) >= 11 is 4.89. The van der Waals surface area contributed by atoms with E-state index in [1.807, 2.05) is 6.07 Å². The third kappa shape index (κ3) is 0.995. The van der Waals surface area contributed by atoms with Crippen molar-refractivity contribution in [3.8, 4) is 6.07 Å². The number of rotatable bonds is 0. The number of H-pyrrole nitrogens is 2. The summed E-state index contributed by atoms with van der Waals surface area (Å²) in [5.74, 6) is 0. The van der Waals surface area contributed by atoms with E-state index in [1.165, 1.54) is 4.40 Å². The average Bonchev–Trinajstić information content (AvgIpc) is 2.48. The van der Waals surface area contributed by atoms with Gasteiger partial charge in [-0.3, -0.25) is 15.0 Å². The van der Waals surface area contributed by atoms with Gasteiger partial charge >= 0.3 is 0 Å². The van der Waals surface area contributed by atoms with Crippen LogP contribution in [-0.4, -0.2) is 14.6 Å². The number of nitrogens with one attached hydrogen (secondary N) is 2. The first-order valence-electron chi connectivity index (χ1n) is 3.88. The monoisotopic (exact) mass is 206 g/mol. The second kappa shape index (κ2) is 2.82. The lowest BCUT2D eigenvalue weighted by Crippen LogP contribution is -2.17. The van der Waals surface area contributed by atoms with Crippen molar-refractivity contribution in [2.75, 3.05) is 0 Å².